The van der Waals surface area contributed by atoms with Crippen LogP contribution in [0.15, 0.2) is 16.6 Å². The molecule has 0 heterocycles. The fourth-order valence-electron chi connectivity index (χ4n) is 1.17. The molecular weight excluding hydrogens is 296 g/mol. The molecule has 0 saturated carbocycles. The molecule has 0 radical (unpaired) electrons. The highest BCUT2D eigenvalue weighted by Crippen LogP contribution is 2.40. The molecule has 1 rings (SSSR count). The number of alkyl halides is 3. The van der Waals surface area contributed by atoms with E-state index in [1.165, 1.54) is 6.92 Å². The number of hydrogen-bond acceptors (Lipinski definition) is 1. The van der Waals surface area contributed by atoms with Crippen LogP contribution in [0.3, 0.4) is 0 Å². The van der Waals surface area contributed by atoms with Gasteiger partial charge in [0.2, 0.25) is 0 Å². The summed E-state index contributed by atoms with van der Waals surface area (Å²) in [6.45, 7) is 1.35. The average molecular weight is 304 g/mol. The fourth-order valence-corrected chi connectivity index (χ4v) is 2.50. The molecular formula is C9H7BrClF3O. The van der Waals surface area contributed by atoms with Crippen molar-refractivity contribution < 1.29 is 18.3 Å². The van der Waals surface area contributed by atoms with Gasteiger partial charge in [-0.2, -0.15) is 13.2 Å². The van der Waals surface area contributed by atoms with Crippen LogP contribution in [0.4, 0.5) is 13.2 Å². The summed E-state index contributed by atoms with van der Waals surface area (Å²) in [6, 6.07) is 2.00. The van der Waals surface area contributed by atoms with Gasteiger partial charge in [0.25, 0.3) is 0 Å². The molecule has 1 nitrogen and oxygen atoms in total. The van der Waals surface area contributed by atoms with Gasteiger partial charge in [0.1, 0.15) is 0 Å². The van der Waals surface area contributed by atoms with Crippen molar-refractivity contribution in [2.45, 2.75) is 19.2 Å². The van der Waals surface area contributed by atoms with E-state index in [1.807, 2.05) is 0 Å². The van der Waals surface area contributed by atoms with Crippen molar-refractivity contribution in [2.24, 2.45) is 0 Å². The van der Waals surface area contributed by atoms with E-state index in [9.17, 15) is 18.3 Å². The lowest BCUT2D eigenvalue weighted by molar-refractivity contribution is -0.138. The lowest BCUT2D eigenvalue weighted by Gasteiger charge is -2.15. The molecule has 84 valence electrons. The Kier molecular flexibility index (Phi) is 3.68. The molecule has 1 aromatic rings. The van der Waals surface area contributed by atoms with E-state index in [2.05, 4.69) is 15.9 Å². The van der Waals surface area contributed by atoms with Gasteiger partial charge in [-0.15, -0.1) is 0 Å². The van der Waals surface area contributed by atoms with E-state index in [1.54, 1.807) is 0 Å². The van der Waals surface area contributed by atoms with Crippen molar-refractivity contribution in [2.75, 3.05) is 0 Å². The molecule has 6 heteroatoms. The first kappa shape index (κ1) is 12.8. The normalized spacial score (nSPS) is 14.1. The number of benzene rings is 1. The Morgan fingerprint density at radius 2 is 1.93 bits per heavy atom. The number of rotatable bonds is 1. The van der Waals surface area contributed by atoms with Crippen LogP contribution < -0.4 is 0 Å². The fraction of sp³-hybridized carbons (Fsp3) is 0.333. The van der Waals surface area contributed by atoms with E-state index >= 15 is 0 Å². The first-order valence-corrected chi connectivity index (χ1v) is 5.15. The first-order chi connectivity index (χ1) is 6.75. The molecule has 1 N–H and O–H groups in total. The Labute approximate surface area is 98.0 Å². The number of halogens is 5. The van der Waals surface area contributed by atoms with Crippen molar-refractivity contribution in [3.05, 3.63) is 32.8 Å². The van der Waals surface area contributed by atoms with Gasteiger partial charge in [-0.05, 0) is 35.0 Å². The topological polar surface area (TPSA) is 20.2 Å². The molecule has 1 unspecified atom stereocenters. The van der Waals surface area contributed by atoms with Crippen LogP contribution in [-0.4, -0.2) is 5.11 Å². The summed E-state index contributed by atoms with van der Waals surface area (Å²) in [6.07, 6.45) is -5.53. The van der Waals surface area contributed by atoms with Gasteiger partial charge < -0.3 is 5.11 Å². The Balaban J connectivity index is 3.42. The lowest BCUT2D eigenvalue weighted by Crippen LogP contribution is -2.08. The largest absolute Gasteiger partial charge is 0.417 e. The molecule has 0 aliphatic heterocycles. The van der Waals surface area contributed by atoms with Gasteiger partial charge in [0.05, 0.1) is 11.7 Å². The maximum atomic E-state index is 12.5. The van der Waals surface area contributed by atoms with Crippen LogP contribution in [0.5, 0.6) is 0 Å². The molecule has 0 aromatic heterocycles. The Hall–Kier alpha value is -0.260. The minimum atomic E-state index is -4.47. The summed E-state index contributed by atoms with van der Waals surface area (Å²) in [5, 5.41) is 9.40. The Morgan fingerprint density at radius 1 is 1.40 bits per heavy atom. The highest BCUT2D eigenvalue weighted by Gasteiger charge is 2.34. The third-order valence-electron chi connectivity index (χ3n) is 1.85. The predicted molar refractivity (Wildman–Crippen MR) is 54.8 cm³/mol. The second-order valence-electron chi connectivity index (χ2n) is 3.00. The molecule has 0 aliphatic rings. The van der Waals surface area contributed by atoms with Crippen molar-refractivity contribution in [1.29, 1.82) is 0 Å². The highest BCUT2D eigenvalue weighted by atomic mass is 79.9. The van der Waals surface area contributed by atoms with E-state index in [0.29, 0.717) is 0 Å². The summed E-state index contributed by atoms with van der Waals surface area (Å²) >= 11 is 8.49. The van der Waals surface area contributed by atoms with E-state index in [0.717, 1.165) is 12.1 Å². The Morgan fingerprint density at radius 3 is 2.33 bits per heavy atom. The molecule has 15 heavy (non-hydrogen) atoms. The summed E-state index contributed by atoms with van der Waals surface area (Å²) in [5.41, 5.74) is -0.797. The quantitative estimate of drug-likeness (QED) is 0.825. The summed E-state index contributed by atoms with van der Waals surface area (Å²) in [7, 11) is 0. The monoisotopic (exact) mass is 302 g/mol. The van der Waals surface area contributed by atoms with Crippen molar-refractivity contribution in [3.8, 4) is 0 Å². The standard InChI is InChI=1S/C9H7BrClF3O/c1-4(15)7-6(11)3-2-5(8(7)10)9(12,13)14/h2-4,15H,1H3. The van der Waals surface area contributed by atoms with Gasteiger partial charge >= 0.3 is 6.18 Å². The third kappa shape index (κ3) is 2.65. The zero-order chi connectivity index (χ0) is 11.8. The summed E-state index contributed by atoms with van der Waals surface area (Å²) in [5.74, 6) is 0. The maximum Gasteiger partial charge on any atom is 0.417 e. The van der Waals surface area contributed by atoms with Crippen molar-refractivity contribution in [3.63, 3.8) is 0 Å². The smallest absolute Gasteiger partial charge is 0.389 e. The van der Waals surface area contributed by atoms with Crippen molar-refractivity contribution in [1.82, 2.24) is 0 Å². The molecule has 0 fully saturated rings. The molecule has 1 aromatic carbocycles. The second kappa shape index (κ2) is 4.31. The number of hydrogen-bond donors (Lipinski definition) is 1. The van der Waals surface area contributed by atoms with Gasteiger partial charge in [0, 0.05) is 15.1 Å². The number of aliphatic hydroxyl groups excluding tert-OH is 1. The maximum absolute atomic E-state index is 12.5. The zero-order valence-corrected chi connectivity index (χ0v) is 9.91. The predicted octanol–water partition coefficient (Wildman–Crippen LogP) is 4.17. The third-order valence-corrected chi connectivity index (χ3v) is 3.03. The molecule has 0 spiro atoms. The zero-order valence-electron chi connectivity index (χ0n) is 7.57. The summed E-state index contributed by atoms with van der Waals surface area (Å²) < 4.78 is 37.2. The van der Waals surface area contributed by atoms with Gasteiger partial charge in [-0.1, -0.05) is 11.6 Å². The van der Waals surface area contributed by atoms with Crippen LogP contribution >= 0.6 is 27.5 Å². The number of aliphatic hydroxyl groups is 1. The summed E-state index contributed by atoms with van der Waals surface area (Å²) in [4.78, 5) is 0. The van der Waals surface area contributed by atoms with E-state index in [-0.39, 0.29) is 15.1 Å². The van der Waals surface area contributed by atoms with Gasteiger partial charge in [-0.3, -0.25) is 0 Å². The molecule has 0 aliphatic carbocycles. The van der Waals surface area contributed by atoms with Gasteiger partial charge in [-0.25, -0.2) is 0 Å². The second-order valence-corrected chi connectivity index (χ2v) is 4.20. The highest BCUT2D eigenvalue weighted by molar-refractivity contribution is 9.10. The first-order valence-electron chi connectivity index (χ1n) is 3.98. The lowest BCUT2D eigenvalue weighted by atomic mass is 10.1. The average Bonchev–Trinajstić information content (AvgIpc) is 2.00. The molecule has 0 saturated heterocycles. The van der Waals surface area contributed by atoms with Crippen LogP contribution in [0, 0.1) is 0 Å². The Bertz CT molecular complexity index is 376. The molecule has 0 bridgehead atoms. The minimum Gasteiger partial charge on any atom is -0.389 e. The molecule has 1 atom stereocenters. The molecule has 0 amide bonds. The van der Waals surface area contributed by atoms with E-state index in [4.69, 9.17) is 11.6 Å². The van der Waals surface area contributed by atoms with Crippen LogP contribution in [0.25, 0.3) is 0 Å². The SMILES string of the molecule is CC(O)c1c(Cl)ccc(C(F)(F)F)c1Br. The van der Waals surface area contributed by atoms with Crippen LogP contribution in [0.2, 0.25) is 5.02 Å². The van der Waals surface area contributed by atoms with Crippen LogP contribution in [0.1, 0.15) is 24.2 Å². The van der Waals surface area contributed by atoms with E-state index < -0.39 is 17.8 Å². The van der Waals surface area contributed by atoms with Crippen LogP contribution in [-0.2, 0) is 6.18 Å². The van der Waals surface area contributed by atoms with Gasteiger partial charge in [0.15, 0.2) is 0 Å². The minimum absolute atomic E-state index is 0.0477. The van der Waals surface area contributed by atoms with Crippen molar-refractivity contribution >= 4 is 27.5 Å².